The van der Waals surface area contributed by atoms with Gasteiger partial charge in [-0.3, -0.25) is 4.79 Å². The number of rotatable bonds is 3. The zero-order valence-corrected chi connectivity index (χ0v) is 12.2. The number of likely N-dealkylation sites (tertiary alicyclic amines) is 1. The summed E-state index contributed by atoms with van der Waals surface area (Å²) in [5.74, 6) is 0.695. The van der Waals surface area contributed by atoms with Crippen molar-refractivity contribution in [2.75, 3.05) is 20.1 Å². The van der Waals surface area contributed by atoms with Crippen molar-refractivity contribution in [2.24, 2.45) is 5.92 Å². The lowest BCUT2D eigenvalue weighted by atomic mass is 9.88. The molecule has 1 aromatic carbocycles. The van der Waals surface area contributed by atoms with Crippen molar-refractivity contribution < 1.29 is 4.79 Å². The van der Waals surface area contributed by atoms with Gasteiger partial charge in [0, 0.05) is 25.0 Å². The molecule has 1 saturated heterocycles. The third kappa shape index (κ3) is 2.88. The van der Waals surface area contributed by atoms with Crippen LogP contribution in [0.1, 0.15) is 37.2 Å². The van der Waals surface area contributed by atoms with Crippen LogP contribution in [0.3, 0.4) is 0 Å². The second-order valence-corrected chi connectivity index (χ2v) is 6.33. The van der Waals surface area contributed by atoms with Gasteiger partial charge in [0.1, 0.15) is 0 Å². The maximum atomic E-state index is 12.6. The fourth-order valence-corrected chi connectivity index (χ4v) is 3.68. The number of carbonyl (C=O) groups is 1. The molecule has 1 aliphatic heterocycles. The summed E-state index contributed by atoms with van der Waals surface area (Å²) >= 11 is 0. The second kappa shape index (κ2) is 5.96. The molecule has 1 heterocycles. The van der Waals surface area contributed by atoms with Gasteiger partial charge in [-0.05, 0) is 25.5 Å². The topological polar surface area (TPSA) is 32.3 Å². The quantitative estimate of drug-likeness (QED) is 0.916. The predicted molar refractivity (Wildman–Crippen MR) is 80.6 cm³/mol. The molecule has 0 radical (unpaired) electrons. The Balaban J connectivity index is 1.71. The monoisotopic (exact) mass is 272 g/mol. The molecule has 20 heavy (non-hydrogen) atoms. The number of nitrogens with one attached hydrogen (secondary N) is 1. The molecule has 2 atom stereocenters. The van der Waals surface area contributed by atoms with Gasteiger partial charge in [0.05, 0.1) is 5.92 Å². The summed E-state index contributed by atoms with van der Waals surface area (Å²) in [7, 11) is 2.11. The van der Waals surface area contributed by atoms with Gasteiger partial charge in [0.25, 0.3) is 0 Å². The van der Waals surface area contributed by atoms with Crippen molar-refractivity contribution in [1.29, 1.82) is 0 Å². The predicted octanol–water partition coefficient (Wildman–Crippen LogP) is 2.39. The highest BCUT2D eigenvalue weighted by molar-refractivity contribution is 5.80. The Bertz CT molecular complexity index is 453. The zero-order chi connectivity index (χ0) is 13.9. The van der Waals surface area contributed by atoms with E-state index in [4.69, 9.17) is 0 Å². The van der Waals surface area contributed by atoms with Gasteiger partial charge in [-0.1, -0.05) is 43.2 Å². The molecule has 3 nitrogen and oxygen atoms in total. The molecule has 2 aliphatic rings. The minimum absolute atomic E-state index is 0.100. The van der Waals surface area contributed by atoms with Crippen molar-refractivity contribution in [3.05, 3.63) is 35.9 Å². The van der Waals surface area contributed by atoms with E-state index in [0.717, 1.165) is 25.9 Å². The molecule has 1 amide bonds. The molecule has 3 rings (SSSR count). The van der Waals surface area contributed by atoms with Gasteiger partial charge < -0.3 is 10.2 Å². The van der Waals surface area contributed by atoms with Gasteiger partial charge >= 0.3 is 0 Å². The van der Waals surface area contributed by atoms with Crippen LogP contribution in [0.5, 0.6) is 0 Å². The number of carbonyl (C=O) groups excluding carboxylic acids is 1. The van der Waals surface area contributed by atoms with Crippen LogP contribution < -0.4 is 5.32 Å². The molecule has 1 N–H and O–H groups in total. The van der Waals surface area contributed by atoms with E-state index in [1.54, 1.807) is 0 Å². The summed E-state index contributed by atoms with van der Waals surface area (Å²) in [5.41, 5.74) is 1.29. The second-order valence-electron chi connectivity index (χ2n) is 6.33. The molecular formula is C17H24N2O. The SMILES string of the molecule is CN1C[C@H](C(=O)NC2CCCC2)[C@H](c2ccccc2)C1. The lowest BCUT2D eigenvalue weighted by molar-refractivity contribution is -0.125. The molecule has 0 aromatic heterocycles. The van der Waals surface area contributed by atoms with E-state index < -0.39 is 0 Å². The van der Waals surface area contributed by atoms with Crippen LogP contribution in [0.4, 0.5) is 0 Å². The average molecular weight is 272 g/mol. The summed E-state index contributed by atoms with van der Waals surface area (Å²) in [5, 5.41) is 3.28. The van der Waals surface area contributed by atoms with Crippen LogP contribution in [0, 0.1) is 5.92 Å². The molecule has 0 spiro atoms. The number of likely N-dealkylation sites (N-methyl/N-ethyl adjacent to an activating group) is 1. The first kappa shape index (κ1) is 13.6. The van der Waals surface area contributed by atoms with Gasteiger partial charge in [0.15, 0.2) is 0 Å². The standard InChI is InChI=1S/C17H24N2O/c1-19-11-15(13-7-3-2-4-8-13)16(12-19)17(20)18-14-9-5-6-10-14/h2-4,7-8,14-16H,5-6,9-12H2,1H3,(H,18,20)/t15-,16-/m0/s1. The Morgan fingerprint density at radius 3 is 2.55 bits per heavy atom. The van der Waals surface area contributed by atoms with Crippen LogP contribution >= 0.6 is 0 Å². The van der Waals surface area contributed by atoms with E-state index in [2.05, 4.69) is 41.5 Å². The molecule has 108 valence electrons. The van der Waals surface area contributed by atoms with Crippen molar-refractivity contribution in [3.8, 4) is 0 Å². The Morgan fingerprint density at radius 1 is 1.15 bits per heavy atom. The molecule has 1 saturated carbocycles. The number of hydrogen-bond acceptors (Lipinski definition) is 2. The number of amides is 1. The van der Waals surface area contributed by atoms with Gasteiger partial charge in [-0.2, -0.15) is 0 Å². The minimum atomic E-state index is 0.100. The molecular weight excluding hydrogens is 248 g/mol. The highest BCUT2D eigenvalue weighted by Crippen LogP contribution is 2.32. The minimum Gasteiger partial charge on any atom is -0.353 e. The number of nitrogens with zero attached hydrogens (tertiary/aromatic N) is 1. The Labute approximate surface area is 121 Å². The van der Waals surface area contributed by atoms with E-state index in [-0.39, 0.29) is 11.8 Å². The molecule has 0 bridgehead atoms. The Morgan fingerprint density at radius 2 is 1.85 bits per heavy atom. The lowest BCUT2D eigenvalue weighted by Crippen LogP contribution is -2.39. The molecule has 1 aliphatic carbocycles. The van der Waals surface area contributed by atoms with E-state index in [0.29, 0.717) is 12.0 Å². The highest BCUT2D eigenvalue weighted by Gasteiger charge is 2.37. The van der Waals surface area contributed by atoms with Crippen molar-refractivity contribution in [1.82, 2.24) is 10.2 Å². The van der Waals surface area contributed by atoms with Gasteiger partial charge in [-0.25, -0.2) is 0 Å². The summed E-state index contributed by atoms with van der Waals surface area (Å²) in [6, 6.07) is 10.9. The van der Waals surface area contributed by atoms with E-state index >= 15 is 0 Å². The van der Waals surface area contributed by atoms with E-state index in [1.165, 1.54) is 18.4 Å². The molecule has 3 heteroatoms. The summed E-state index contributed by atoms with van der Waals surface area (Å²) in [4.78, 5) is 14.9. The first-order valence-electron chi connectivity index (χ1n) is 7.78. The first-order chi connectivity index (χ1) is 9.74. The fourth-order valence-electron chi connectivity index (χ4n) is 3.68. The van der Waals surface area contributed by atoms with E-state index in [9.17, 15) is 4.79 Å². The largest absolute Gasteiger partial charge is 0.353 e. The van der Waals surface area contributed by atoms with Crippen LogP contribution in [-0.2, 0) is 4.79 Å². The lowest BCUT2D eigenvalue weighted by Gasteiger charge is -2.21. The molecule has 1 aromatic rings. The Kier molecular flexibility index (Phi) is 4.06. The summed E-state index contributed by atoms with van der Waals surface area (Å²) in [6.45, 7) is 1.85. The average Bonchev–Trinajstić information content (AvgIpc) is 3.09. The van der Waals surface area contributed by atoms with Gasteiger partial charge in [0.2, 0.25) is 5.91 Å². The first-order valence-corrected chi connectivity index (χ1v) is 7.78. The third-order valence-corrected chi connectivity index (χ3v) is 4.77. The zero-order valence-electron chi connectivity index (χ0n) is 12.2. The fraction of sp³-hybridized carbons (Fsp3) is 0.588. The van der Waals surface area contributed by atoms with Crippen LogP contribution in [0.25, 0.3) is 0 Å². The van der Waals surface area contributed by atoms with Gasteiger partial charge in [-0.15, -0.1) is 0 Å². The summed E-state index contributed by atoms with van der Waals surface area (Å²) in [6.07, 6.45) is 4.84. The third-order valence-electron chi connectivity index (χ3n) is 4.77. The van der Waals surface area contributed by atoms with Crippen LogP contribution in [-0.4, -0.2) is 37.0 Å². The molecule has 2 fully saturated rings. The molecule has 0 unspecified atom stereocenters. The van der Waals surface area contributed by atoms with Crippen LogP contribution in [0.2, 0.25) is 0 Å². The maximum Gasteiger partial charge on any atom is 0.225 e. The number of benzene rings is 1. The highest BCUT2D eigenvalue weighted by atomic mass is 16.2. The normalized spacial score (nSPS) is 27.9. The van der Waals surface area contributed by atoms with Crippen LogP contribution in [0.15, 0.2) is 30.3 Å². The van der Waals surface area contributed by atoms with Crippen molar-refractivity contribution in [3.63, 3.8) is 0 Å². The smallest absolute Gasteiger partial charge is 0.225 e. The maximum absolute atomic E-state index is 12.6. The van der Waals surface area contributed by atoms with Crippen molar-refractivity contribution in [2.45, 2.75) is 37.6 Å². The van der Waals surface area contributed by atoms with Crippen molar-refractivity contribution >= 4 is 5.91 Å². The Hall–Kier alpha value is -1.35. The van der Waals surface area contributed by atoms with E-state index in [1.807, 2.05) is 6.07 Å². The summed E-state index contributed by atoms with van der Waals surface area (Å²) < 4.78 is 0. The number of hydrogen-bond donors (Lipinski definition) is 1.